The van der Waals surface area contributed by atoms with Crippen LogP contribution in [0.15, 0.2) is 27.5 Å². The smallest absolute Gasteiger partial charge is 0.287 e. The van der Waals surface area contributed by atoms with Crippen LogP contribution in [0, 0.1) is 5.92 Å². The van der Waals surface area contributed by atoms with Crippen molar-refractivity contribution in [1.29, 1.82) is 0 Å². The van der Waals surface area contributed by atoms with E-state index in [-0.39, 0.29) is 11.5 Å². The molecule has 1 amide bonds. The summed E-state index contributed by atoms with van der Waals surface area (Å²) in [7, 11) is 0. The summed E-state index contributed by atoms with van der Waals surface area (Å²) in [5.41, 5.74) is 0.733. The standard InChI is InChI=1S/C13H14N2O3/c1-8-4-5-15(7-8)13(17)9-2-3-10-11(6-9)18-14-12(10)16/h2-3,6,8H,4-5,7H2,1H3,(H,14,16). The number of rotatable bonds is 1. The molecule has 0 spiro atoms. The van der Waals surface area contributed by atoms with Crippen LogP contribution in [0.25, 0.3) is 11.0 Å². The Morgan fingerprint density at radius 1 is 1.50 bits per heavy atom. The minimum absolute atomic E-state index is 0.00472. The molecule has 0 aliphatic carbocycles. The lowest BCUT2D eigenvalue weighted by molar-refractivity contribution is 0.0788. The van der Waals surface area contributed by atoms with Gasteiger partial charge in [-0.05, 0) is 30.5 Å². The molecule has 0 radical (unpaired) electrons. The highest BCUT2D eigenvalue weighted by molar-refractivity contribution is 5.97. The zero-order valence-electron chi connectivity index (χ0n) is 10.1. The van der Waals surface area contributed by atoms with Gasteiger partial charge in [0.25, 0.3) is 11.5 Å². The monoisotopic (exact) mass is 246 g/mol. The maximum atomic E-state index is 12.2. The second kappa shape index (κ2) is 4.01. The molecule has 3 rings (SSSR count). The summed E-state index contributed by atoms with van der Waals surface area (Å²) in [4.78, 5) is 25.4. The fourth-order valence-corrected chi connectivity index (χ4v) is 2.39. The molecule has 1 atom stereocenters. The molecule has 0 saturated carbocycles. The Bertz CT molecular complexity index is 656. The number of hydrogen-bond donors (Lipinski definition) is 1. The Morgan fingerprint density at radius 3 is 3.06 bits per heavy atom. The first-order chi connectivity index (χ1) is 8.65. The van der Waals surface area contributed by atoms with Crippen LogP contribution in [0.1, 0.15) is 23.7 Å². The number of benzene rings is 1. The highest BCUT2D eigenvalue weighted by atomic mass is 16.5. The van der Waals surface area contributed by atoms with Gasteiger partial charge in [-0.1, -0.05) is 6.92 Å². The maximum Gasteiger partial charge on any atom is 0.287 e. The number of H-pyrrole nitrogens is 1. The summed E-state index contributed by atoms with van der Waals surface area (Å²) in [5, 5.41) is 2.74. The van der Waals surface area contributed by atoms with Crippen LogP contribution in [0.5, 0.6) is 0 Å². The van der Waals surface area contributed by atoms with E-state index in [1.807, 2.05) is 4.90 Å². The van der Waals surface area contributed by atoms with E-state index in [4.69, 9.17) is 4.52 Å². The van der Waals surface area contributed by atoms with Gasteiger partial charge in [0.15, 0.2) is 5.58 Å². The molecule has 5 nitrogen and oxygen atoms in total. The quantitative estimate of drug-likeness (QED) is 0.831. The third-order valence-electron chi connectivity index (χ3n) is 3.44. The number of nitrogens with one attached hydrogen (secondary N) is 1. The molecule has 1 aromatic carbocycles. The Morgan fingerprint density at radius 2 is 2.33 bits per heavy atom. The van der Waals surface area contributed by atoms with E-state index in [9.17, 15) is 9.59 Å². The molecule has 5 heteroatoms. The predicted molar refractivity (Wildman–Crippen MR) is 66.5 cm³/mol. The van der Waals surface area contributed by atoms with Gasteiger partial charge in [0.2, 0.25) is 0 Å². The Balaban J connectivity index is 1.94. The van der Waals surface area contributed by atoms with Crippen molar-refractivity contribution in [2.75, 3.05) is 13.1 Å². The summed E-state index contributed by atoms with van der Waals surface area (Å²) >= 11 is 0. The van der Waals surface area contributed by atoms with Crippen molar-refractivity contribution in [2.24, 2.45) is 5.92 Å². The predicted octanol–water partition coefficient (Wildman–Crippen LogP) is 1.60. The summed E-state index contributed by atoms with van der Waals surface area (Å²) < 4.78 is 5.02. The van der Waals surface area contributed by atoms with Gasteiger partial charge < -0.3 is 9.42 Å². The average molecular weight is 246 g/mol. The molecule has 18 heavy (non-hydrogen) atoms. The molecule has 0 bridgehead atoms. The van der Waals surface area contributed by atoms with Crippen LogP contribution in [-0.2, 0) is 0 Å². The minimum Gasteiger partial charge on any atom is -0.378 e. The number of carbonyl (C=O) groups is 1. The minimum atomic E-state index is -0.265. The molecular formula is C13H14N2O3. The van der Waals surface area contributed by atoms with E-state index >= 15 is 0 Å². The fourth-order valence-electron chi connectivity index (χ4n) is 2.39. The maximum absolute atomic E-state index is 12.2. The summed E-state index contributed by atoms with van der Waals surface area (Å²) in [6.45, 7) is 3.74. The number of amides is 1. The fraction of sp³-hybridized carbons (Fsp3) is 0.385. The zero-order valence-corrected chi connectivity index (χ0v) is 10.1. The van der Waals surface area contributed by atoms with Crippen LogP contribution in [0.2, 0.25) is 0 Å². The molecule has 94 valence electrons. The van der Waals surface area contributed by atoms with E-state index in [0.717, 1.165) is 19.5 Å². The van der Waals surface area contributed by atoms with Crippen molar-refractivity contribution < 1.29 is 9.32 Å². The van der Waals surface area contributed by atoms with Crippen LogP contribution < -0.4 is 5.56 Å². The van der Waals surface area contributed by atoms with Crippen molar-refractivity contribution in [3.63, 3.8) is 0 Å². The van der Waals surface area contributed by atoms with Gasteiger partial charge in [-0.25, -0.2) is 0 Å². The molecule has 2 aromatic rings. The van der Waals surface area contributed by atoms with Gasteiger partial charge in [-0.15, -0.1) is 0 Å². The van der Waals surface area contributed by atoms with Gasteiger partial charge in [0, 0.05) is 18.7 Å². The largest absolute Gasteiger partial charge is 0.378 e. The van der Waals surface area contributed by atoms with E-state index < -0.39 is 0 Å². The molecule has 1 fully saturated rings. The van der Waals surface area contributed by atoms with Gasteiger partial charge in [0.05, 0.1) is 5.39 Å². The first-order valence-electron chi connectivity index (χ1n) is 6.05. The lowest BCUT2D eigenvalue weighted by Crippen LogP contribution is -2.28. The third-order valence-corrected chi connectivity index (χ3v) is 3.44. The van der Waals surface area contributed by atoms with Gasteiger partial charge in [0.1, 0.15) is 0 Å². The lowest BCUT2D eigenvalue weighted by Gasteiger charge is -2.15. The molecule has 1 unspecified atom stereocenters. The Labute approximate surface area is 103 Å². The van der Waals surface area contributed by atoms with E-state index in [1.54, 1.807) is 18.2 Å². The number of fused-ring (bicyclic) bond motifs is 1. The number of likely N-dealkylation sites (tertiary alicyclic amines) is 1. The first kappa shape index (κ1) is 11.1. The van der Waals surface area contributed by atoms with E-state index in [2.05, 4.69) is 12.1 Å². The summed E-state index contributed by atoms with van der Waals surface area (Å²) in [6, 6.07) is 4.93. The number of nitrogens with zero attached hydrogens (tertiary/aromatic N) is 1. The second-order valence-electron chi connectivity index (χ2n) is 4.89. The first-order valence-corrected chi connectivity index (χ1v) is 6.05. The SMILES string of the molecule is CC1CCN(C(=O)c2ccc3c(=O)[nH]oc3c2)C1. The third kappa shape index (κ3) is 1.72. The average Bonchev–Trinajstić information content (AvgIpc) is 2.95. The van der Waals surface area contributed by atoms with Crippen molar-refractivity contribution in [3.8, 4) is 0 Å². The lowest BCUT2D eigenvalue weighted by atomic mass is 10.1. The highest BCUT2D eigenvalue weighted by Crippen LogP contribution is 2.19. The molecular weight excluding hydrogens is 232 g/mol. The van der Waals surface area contributed by atoms with Crippen molar-refractivity contribution in [3.05, 3.63) is 34.1 Å². The molecule has 1 N–H and O–H groups in total. The van der Waals surface area contributed by atoms with Crippen molar-refractivity contribution in [2.45, 2.75) is 13.3 Å². The zero-order chi connectivity index (χ0) is 12.7. The number of carbonyl (C=O) groups excluding carboxylic acids is 1. The Kier molecular flexibility index (Phi) is 2.47. The second-order valence-corrected chi connectivity index (χ2v) is 4.89. The topological polar surface area (TPSA) is 66.3 Å². The van der Waals surface area contributed by atoms with E-state index in [1.165, 1.54) is 0 Å². The van der Waals surface area contributed by atoms with Gasteiger partial charge >= 0.3 is 0 Å². The summed E-state index contributed by atoms with van der Waals surface area (Å²) in [6.07, 6.45) is 1.05. The molecule has 2 heterocycles. The normalized spacial score (nSPS) is 19.6. The number of aromatic amines is 1. The summed E-state index contributed by atoms with van der Waals surface area (Å²) in [5.74, 6) is 0.563. The van der Waals surface area contributed by atoms with Gasteiger partial charge in [-0.3, -0.25) is 9.59 Å². The molecule has 1 saturated heterocycles. The van der Waals surface area contributed by atoms with E-state index in [0.29, 0.717) is 22.5 Å². The molecule has 1 aliphatic heterocycles. The number of aromatic nitrogens is 1. The Hall–Kier alpha value is -2.04. The van der Waals surface area contributed by atoms with Crippen LogP contribution in [-0.4, -0.2) is 29.1 Å². The van der Waals surface area contributed by atoms with Gasteiger partial charge in [-0.2, -0.15) is 5.16 Å². The van der Waals surface area contributed by atoms with Crippen LogP contribution >= 0.6 is 0 Å². The van der Waals surface area contributed by atoms with Crippen molar-refractivity contribution in [1.82, 2.24) is 10.1 Å². The molecule has 1 aliphatic rings. The van der Waals surface area contributed by atoms with Crippen LogP contribution in [0.3, 0.4) is 0 Å². The highest BCUT2D eigenvalue weighted by Gasteiger charge is 2.24. The van der Waals surface area contributed by atoms with Crippen LogP contribution in [0.4, 0.5) is 0 Å². The molecule has 1 aromatic heterocycles. The van der Waals surface area contributed by atoms with Crippen molar-refractivity contribution >= 4 is 16.9 Å². The number of hydrogen-bond acceptors (Lipinski definition) is 3.